The molecule has 96 valence electrons. The minimum absolute atomic E-state index is 0.109. The summed E-state index contributed by atoms with van der Waals surface area (Å²) in [5, 5.41) is 9.46. The van der Waals surface area contributed by atoms with Gasteiger partial charge >= 0.3 is 0 Å². The molecule has 0 unspecified atom stereocenters. The number of ether oxygens (including phenoxy) is 1. The van der Waals surface area contributed by atoms with E-state index in [1.165, 1.54) is 19.3 Å². The Morgan fingerprint density at radius 3 is 2.79 bits per heavy atom. The molecule has 1 N–H and O–H groups in total. The van der Waals surface area contributed by atoms with Crippen LogP contribution in [-0.2, 0) is 14.3 Å². The van der Waals surface area contributed by atoms with Crippen molar-refractivity contribution in [2.24, 2.45) is 5.92 Å². The number of carbonyl (C=O) groups is 2. The van der Waals surface area contributed by atoms with E-state index < -0.39 is 11.8 Å². The summed E-state index contributed by atoms with van der Waals surface area (Å²) in [5.41, 5.74) is 1.55. The first-order valence-corrected chi connectivity index (χ1v) is 5.96. The summed E-state index contributed by atoms with van der Waals surface area (Å²) in [5.74, 6) is -1.08. The Morgan fingerprint density at radius 1 is 1.26 bits per heavy atom. The number of Topliss-reactive ketones (excluding diaryl/α,β-unsaturated/α-hetero) is 1. The van der Waals surface area contributed by atoms with Crippen LogP contribution in [0.3, 0.4) is 0 Å². The van der Waals surface area contributed by atoms with Gasteiger partial charge in [0, 0.05) is 6.08 Å². The van der Waals surface area contributed by atoms with Crippen molar-refractivity contribution in [3.05, 3.63) is 47.2 Å². The van der Waals surface area contributed by atoms with Gasteiger partial charge in [-0.1, -0.05) is 18.2 Å². The summed E-state index contributed by atoms with van der Waals surface area (Å²) < 4.78 is 4.95. The molecular formula is C15H12O4. The first kappa shape index (κ1) is 11.7. The highest BCUT2D eigenvalue weighted by Gasteiger charge is 2.41. The first-order valence-electron chi connectivity index (χ1n) is 5.96. The van der Waals surface area contributed by atoms with Crippen LogP contribution >= 0.6 is 0 Å². The molecule has 0 amide bonds. The van der Waals surface area contributed by atoms with Crippen molar-refractivity contribution in [3.8, 4) is 5.75 Å². The lowest BCUT2D eigenvalue weighted by Crippen LogP contribution is -2.34. The fraction of sp³-hybridized carbons (Fsp3) is 0.200. The number of fused-ring (bicyclic) bond motifs is 3. The normalized spacial score (nSPS) is 24.6. The highest BCUT2D eigenvalue weighted by Crippen LogP contribution is 2.40. The number of rotatable bonds is 1. The highest BCUT2D eigenvalue weighted by atomic mass is 16.5. The van der Waals surface area contributed by atoms with Gasteiger partial charge < -0.3 is 9.84 Å². The van der Waals surface area contributed by atoms with Gasteiger partial charge in [-0.05, 0) is 23.3 Å². The third-order valence-corrected chi connectivity index (χ3v) is 3.59. The Bertz CT molecular complexity index is 640. The number of benzene rings is 1. The van der Waals surface area contributed by atoms with Crippen LogP contribution in [0.4, 0.5) is 0 Å². The zero-order valence-electron chi connectivity index (χ0n) is 10.3. The van der Waals surface area contributed by atoms with E-state index in [2.05, 4.69) is 0 Å². The lowest BCUT2D eigenvalue weighted by atomic mass is 9.72. The maximum atomic E-state index is 12.2. The molecular weight excluding hydrogens is 244 g/mol. The fourth-order valence-corrected chi connectivity index (χ4v) is 2.68. The molecule has 0 aromatic heterocycles. The lowest BCUT2D eigenvalue weighted by molar-refractivity contribution is -0.128. The second-order valence-electron chi connectivity index (χ2n) is 4.66. The molecule has 3 rings (SSSR count). The van der Waals surface area contributed by atoms with E-state index in [-0.39, 0.29) is 23.1 Å². The minimum atomic E-state index is -0.510. The van der Waals surface area contributed by atoms with Crippen LogP contribution in [0.25, 0.3) is 6.08 Å². The molecule has 0 heterocycles. The van der Waals surface area contributed by atoms with Crippen LogP contribution < -0.4 is 0 Å². The number of hydrogen-bond acceptors (Lipinski definition) is 4. The number of allylic oxidation sites excluding steroid dienone is 3. The highest BCUT2D eigenvalue weighted by molar-refractivity contribution is 6.13. The number of aromatic hydroxyl groups is 1. The molecule has 0 bridgehead atoms. The molecule has 0 spiro atoms. The van der Waals surface area contributed by atoms with Crippen LogP contribution in [0.1, 0.15) is 17.0 Å². The Kier molecular flexibility index (Phi) is 2.52. The van der Waals surface area contributed by atoms with Crippen molar-refractivity contribution in [1.82, 2.24) is 0 Å². The summed E-state index contributed by atoms with van der Waals surface area (Å²) in [6.07, 6.45) is 4.73. The predicted octanol–water partition coefficient (Wildman–Crippen LogP) is 1.80. The molecule has 0 saturated heterocycles. The first-order chi connectivity index (χ1) is 9.11. The largest absolute Gasteiger partial charge is 0.508 e. The summed E-state index contributed by atoms with van der Waals surface area (Å²) in [4.78, 5) is 24.4. The number of phenolic OH excluding ortho intramolecular Hbond substituents is 1. The van der Waals surface area contributed by atoms with Crippen molar-refractivity contribution in [1.29, 1.82) is 0 Å². The Morgan fingerprint density at radius 2 is 2.05 bits per heavy atom. The van der Waals surface area contributed by atoms with E-state index in [0.717, 1.165) is 11.1 Å². The summed E-state index contributed by atoms with van der Waals surface area (Å²) in [6.45, 7) is 0. The lowest BCUT2D eigenvalue weighted by Gasteiger charge is -2.30. The third kappa shape index (κ3) is 1.68. The molecule has 0 fully saturated rings. The molecule has 2 aliphatic rings. The Balaban J connectivity index is 2.14. The zero-order valence-corrected chi connectivity index (χ0v) is 10.3. The molecule has 0 aliphatic heterocycles. The van der Waals surface area contributed by atoms with Crippen molar-refractivity contribution >= 4 is 17.6 Å². The third-order valence-electron chi connectivity index (χ3n) is 3.59. The van der Waals surface area contributed by atoms with E-state index in [1.54, 1.807) is 24.3 Å². The maximum Gasteiger partial charge on any atom is 0.205 e. The molecule has 4 nitrogen and oxygen atoms in total. The van der Waals surface area contributed by atoms with Gasteiger partial charge in [0.15, 0.2) is 11.5 Å². The van der Waals surface area contributed by atoms with E-state index in [0.29, 0.717) is 0 Å². The average molecular weight is 256 g/mol. The number of hydrogen-bond donors (Lipinski definition) is 1. The maximum absolute atomic E-state index is 12.2. The molecule has 0 saturated carbocycles. The van der Waals surface area contributed by atoms with E-state index in [4.69, 9.17) is 4.74 Å². The molecule has 2 aliphatic carbocycles. The standard InChI is InChI=1S/C15H12O4/c1-19-13-7-12(17)14-10-5-3-9(16)6-8(10)2-4-11(14)15(13)18/h2-7,11,14,16H,1H3/t11-,14+/m0/s1. The quantitative estimate of drug-likeness (QED) is 0.832. The van der Waals surface area contributed by atoms with Gasteiger partial charge in [-0.15, -0.1) is 0 Å². The summed E-state index contributed by atoms with van der Waals surface area (Å²) in [7, 11) is 1.38. The van der Waals surface area contributed by atoms with Gasteiger partial charge in [-0.2, -0.15) is 0 Å². The van der Waals surface area contributed by atoms with E-state index >= 15 is 0 Å². The zero-order chi connectivity index (χ0) is 13.6. The molecule has 1 aromatic rings. The summed E-state index contributed by atoms with van der Waals surface area (Å²) >= 11 is 0. The van der Waals surface area contributed by atoms with Crippen molar-refractivity contribution in [3.63, 3.8) is 0 Å². The van der Waals surface area contributed by atoms with Crippen LogP contribution in [0.2, 0.25) is 0 Å². The summed E-state index contributed by atoms with van der Waals surface area (Å²) in [6, 6.07) is 4.82. The van der Waals surface area contributed by atoms with Crippen molar-refractivity contribution in [2.45, 2.75) is 5.92 Å². The molecule has 4 heteroatoms. The molecule has 0 radical (unpaired) electrons. The van der Waals surface area contributed by atoms with Crippen molar-refractivity contribution in [2.75, 3.05) is 7.11 Å². The van der Waals surface area contributed by atoms with E-state index in [1.807, 2.05) is 0 Å². The van der Waals surface area contributed by atoms with Crippen LogP contribution in [-0.4, -0.2) is 23.8 Å². The molecule has 19 heavy (non-hydrogen) atoms. The van der Waals surface area contributed by atoms with Gasteiger partial charge in [0.05, 0.1) is 18.9 Å². The van der Waals surface area contributed by atoms with Gasteiger partial charge in [-0.3, -0.25) is 9.59 Å². The van der Waals surface area contributed by atoms with Gasteiger partial charge in [-0.25, -0.2) is 0 Å². The Labute approximate surface area is 110 Å². The average Bonchev–Trinajstić information content (AvgIpc) is 2.41. The topological polar surface area (TPSA) is 63.6 Å². The predicted molar refractivity (Wildman–Crippen MR) is 68.5 cm³/mol. The second kappa shape index (κ2) is 4.09. The van der Waals surface area contributed by atoms with Gasteiger partial charge in [0.25, 0.3) is 0 Å². The second-order valence-corrected chi connectivity index (χ2v) is 4.66. The van der Waals surface area contributed by atoms with Crippen molar-refractivity contribution < 1.29 is 19.4 Å². The SMILES string of the molecule is COC1=CC(=O)[C@@H]2c3ccc(O)cc3C=C[C@@H]2C1=O. The van der Waals surface area contributed by atoms with Gasteiger partial charge in [0.2, 0.25) is 5.78 Å². The smallest absolute Gasteiger partial charge is 0.205 e. The number of ketones is 2. The fourth-order valence-electron chi connectivity index (χ4n) is 2.68. The number of methoxy groups -OCH3 is 1. The number of carbonyl (C=O) groups excluding carboxylic acids is 2. The van der Waals surface area contributed by atoms with Crippen LogP contribution in [0.15, 0.2) is 36.1 Å². The van der Waals surface area contributed by atoms with Crippen LogP contribution in [0, 0.1) is 5.92 Å². The monoisotopic (exact) mass is 256 g/mol. The van der Waals surface area contributed by atoms with E-state index in [9.17, 15) is 14.7 Å². The minimum Gasteiger partial charge on any atom is -0.508 e. The molecule has 2 atom stereocenters. The Hall–Kier alpha value is -2.36. The van der Waals surface area contributed by atoms with Crippen LogP contribution in [0.5, 0.6) is 5.75 Å². The number of phenols is 1. The molecule has 1 aromatic carbocycles. The van der Waals surface area contributed by atoms with Gasteiger partial charge in [0.1, 0.15) is 5.75 Å².